The number of alkyl halides is 6. The number of benzene rings is 3. The van der Waals surface area contributed by atoms with E-state index in [4.69, 9.17) is 9.47 Å². The van der Waals surface area contributed by atoms with Crippen molar-refractivity contribution < 1.29 is 40.2 Å². The van der Waals surface area contributed by atoms with Crippen LogP contribution in [0.1, 0.15) is 33.9 Å². The summed E-state index contributed by atoms with van der Waals surface area (Å²) in [5.41, 5.74) is -1.50. The van der Waals surface area contributed by atoms with E-state index in [0.717, 1.165) is 5.56 Å². The van der Waals surface area contributed by atoms with Gasteiger partial charge in [0.25, 0.3) is 0 Å². The molecule has 0 unspecified atom stereocenters. The third kappa shape index (κ3) is 6.43. The first-order chi connectivity index (χ1) is 17.0. The summed E-state index contributed by atoms with van der Waals surface area (Å²) in [5, 5.41) is 0. The van der Waals surface area contributed by atoms with Crippen molar-refractivity contribution in [2.45, 2.75) is 37.8 Å². The van der Waals surface area contributed by atoms with Gasteiger partial charge in [-0.05, 0) is 47.0 Å². The Morgan fingerprint density at radius 2 is 1.42 bits per heavy atom. The fraction of sp³-hybridized carbons (Fsp3) is 0.308. The van der Waals surface area contributed by atoms with E-state index >= 15 is 0 Å². The summed E-state index contributed by atoms with van der Waals surface area (Å²) in [6, 6.07) is 15.9. The lowest BCUT2D eigenvalue weighted by Crippen LogP contribution is -2.46. The van der Waals surface area contributed by atoms with Crippen LogP contribution >= 0.6 is 0 Å². The molecular weight excluding hydrogens is 491 g/mol. The summed E-state index contributed by atoms with van der Waals surface area (Å²) in [6.07, 6.45) is -10.9. The van der Waals surface area contributed by atoms with Crippen LogP contribution in [-0.4, -0.2) is 24.3 Å². The number of nitrogens with zero attached hydrogens (tertiary/aromatic N) is 1. The van der Waals surface area contributed by atoms with Crippen molar-refractivity contribution in [3.63, 3.8) is 0 Å². The molecule has 36 heavy (non-hydrogen) atoms. The molecule has 1 aliphatic heterocycles. The lowest BCUT2D eigenvalue weighted by molar-refractivity contribution is -0.218. The minimum absolute atomic E-state index is 0.0729. The fourth-order valence-corrected chi connectivity index (χ4v) is 4.13. The summed E-state index contributed by atoms with van der Waals surface area (Å²) < 4.78 is 105. The van der Waals surface area contributed by atoms with E-state index in [2.05, 4.69) is 0 Å². The molecule has 0 spiro atoms. The summed E-state index contributed by atoms with van der Waals surface area (Å²) in [4.78, 5) is 2.02. The number of rotatable bonds is 6. The van der Waals surface area contributed by atoms with Gasteiger partial charge in [0.05, 0.1) is 30.4 Å². The standard InChI is InChI=1S/C26H22F7NO2/c27-22-8-6-19(7-9-22)23-24(35-11-10-34(23)15-17-4-2-1-3-5-17)36-16-18-12-20(25(28,29)30)14-21(13-18)26(31,32)33/h1-9,12-14,23-24H,10-11,15-16H2/t23-,24-/m0/s1. The molecule has 0 bridgehead atoms. The Labute approximate surface area is 203 Å². The molecular formula is C26H22F7NO2. The molecule has 1 aliphatic rings. The van der Waals surface area contributed by atoms with Crippen molar-refractivity contribution in [1.29, 1.82) is 0 Å². The van der Waals surface area contributed by atoms with Crippen LogP contribution in [0.15, 0.2) is 72.8 Å². The molecule has 1 saturated heterocycles. The second-order valence-electron chi connectivity index (χ2n) is 8.42. The van der Waals surface area contributed by atoms with Gasteiger partial charge in [-0.2, -0.15) is 26.3 Å². The van der Waals surface area contributed by atoms with E-state index in [-0.39, 0.29) is 18.2 Å². The van der Waals surface area contributed by atoms with Crippen molar-refractivity contribution >= 4 is 0 Å². The minimum atomic E-state index is -4.96. The zero-order valence-corrected chi connectivity index (χ0v) is 18.8. The molecule has 10 heteroatoms. The molecule has 192 valence electrons. The Balaban J connectivity index is 1.61. The van der Waals surface area contributed by atoms with E-state index in [0.29, 0.717) is 30.8 Å². The van der Waals surface area contributed by atoms with Gasteiger partial charge < -0.3 is 9.47 Å². The molecule has 0 N–H and O–H groups in total. The molecule has 0 aromatic heterocycles. The quantitative estimate of drug-likeness (QED) is 0.332. The van der Waals surface area contributed by atoms with E-state index < -0.39 is 48.2 Å². The van der Waals surface area contributed by atoms with Gasteiger partial charge in [-0.15, -0.1) is 0 Å². The van der Waals surface area contributed by atoms with Gasteiger partial charge in [0.1, 0.15) is 5.82 Å². The molecule has 1 heterocycles. The van der Waals surface area contributed by atoms with Crippen LogP contribution in [0.25, 0.3) is 0 Å². The zero-order valence-electron chi connectivity index (χ0n) is 18.8. The molecule has 2 atom stereocenters. The summed E-state index contributed by atoms with van der Waals surface area (Å²) in [5.74, 6) is -0.453. The van der Waals surface area contributed by atoms with E-state index in [1.54, 1.807) is 12.1 Å². The third-order valence-electron chi connectivity index (χ3n) is 5.81. The number of hydrogen-bond acceptors (Lipinski definition) is 3. The molecule has 3 aromatic rings. The molecule has 0 amide bonds. The van der Waals surface area contributed by atoms with Crippen molar-refractivity contribution in [2.75, 3.05) is 13.2 Å². The normalized spacial score (nSPS) is 19.4. The average molecular weight is 513 g/mol. The van der Waals surface area contributed by atoms with E-state index in [1.165, 1.54) is 12.1 Å². The Hall–Kier alpha value is -2.95. The first kappa shape index (κ1) is 26.1. The molecule has 0 radical (unpaired) electrons. The Morgan fingerprint density at radius 1 is 0.806 bits per heavy atom. The summed E-state index contributed by atoms with van der Waals surface area (Å²) in [7, 11) is 0. The van der Waals surface area contributed by atoms with Gasteiger partial charge in [-0.1, -0.05) is 42.5 Å². The maximum atomic E-state index is 13.6. The number of ether oxygens (including phenoxy) is 2. The van der Waals surface area contributed by atoms with Crippen molar-refractivity contribution in [3.05, 3.63) is 106 Å². The number of hydrogen-bond donors (Lipinski definition) is 0. The molecule has 0 aliphatic carbocycles. The maximum Gasteiger partial charge on any atom is 0.416 e. The topological polar surface area (TPSA) is 21.7 Å². The van der Waals surface area contributed by atoms with E-state index in [1.807, 2.05) is 35.2 Å². The highest BCUT2D eigenvalue weighted by Crippen LogP contribution is 2.37. The van der Waals surface area contributed by atoms with Crippen LogP contribution in [-0.2, 0) is 35.0 Å². The third-order valence-corrected chi connectivity index (χ3v) is 5.81. The van der Waals surface area contributed by atoms with Gasteiger partial charge in [-0.3, -0.25) is 4.90 Å². The van der Waals surface area contributed by atoms with Gasteiger partial charge in [0, 0.05) is 13.1 Å². The lowest BCUT2D eigenvalue weighted by Gasteiger charge is -2.41. The van der Waals surface area contributed by atoms with Crippen LogP contribution < -0.4 is 0 Å². The smallest absolute Gasteiger partial charge is 0.349 e. The summed E-state index contributed by atoms with van der Waals surface area (Å²) in [6.45, 7) is 0.645. The Kier molecular flexibility index (Phi) is 7.67. The largest absolute Gasteiger partial charge is 0.416 e. The van der Waals surface area contributed by atoms with Crippen LogP contribution in [0.4, 0.5) is 30.7 Å². The first-order valence-corrected chi connectivity index (χ1v) is 11.1. The Bertz CT molecular complexity index is 1120. The highest BCUT2D eigenvalue weighted by Gasteiger charge is 2.38. The SMILES string of the molecule is Fc1ccc([C@H]2[C@H](OCc3cc(C(F)(F)F)cc(C(F)(F)F)c3)OCCN2Cc2ccccc2)cc1. The lowest BCUT2D eigenvalue weighted by atomic mass is 10.0. The zero-order chi connectivity index (χ0) is 25.9. The molecule has 3 aromatic carbocycles. The van der Waals surface area contributed by atoms with Gasteiger partial charge in [0.2, 0.25) is 0 Å². The monoisotopic (exact) mass is 513 g/mol. The van der Waals surface area contributed by atoms with Crippen molar-refractivity contribution in [2.24, 2.45) is 0 Å². The summed E-state index contributed by atoms with van der Waals surface area (Å²) >= 11 is 0. The van der Waals surface area contributed by atoms with Gasteiger partial charge >= 0.3 is 12.4 Å². The number of morpholine rings is 1. The predicted molar refractivity (Wildman–Crippen MR) is 117 cm³/mol. The number of halogens is 7. The van der Waals surface area contributed by atoms with Gasteiger partial charge in [-0.25, -0.2) is 4.39 Å². The van der Waals surface area contributed by atoms with Gasteiger partial charge in [0.15, 0.2) is 6.29 Å². The average Bonchev–Trinajstić information content (AvgIpc) is 2.83. The first-order valence-electron chi connectivity index (χ1n) is 11.1. The Morgan fingerprint density at radius 3 is 2.00 bits per heavy atom. The molecule has 3 nitrogen and oxygen atoms in total. The molecule has 1 fully saturated rings. The van der Waals surface area contributed by atoms with E-state index in [9.17, 15) is 30.7 Å². The van der Waals surface area contributed by atoms with Crippen LogP contribution in [0.2, 0.25) is 0 Å². The second kappa shape index (κ2) is 10.6. The highest BCUT2D eigenvalue weighted by atomic mass is 19.4. The molecule has 4 rings (SSSR count). The molecule has 0 saturated carbocycles. The van der Waals surface area contributed by atoms with Crippen molar-refractivity contribution in [1.82, 2.24) is 4.90 Å². The minimum Gasteiger partial charge on any atom is -0.349 e. The second-order valence-corrected chi connectivity index (χ2v) is 8.42. The van der Waals surface area contributed by atoms with Crippen molar-refractivity contribution in [3.8, 4) is 0 Å². The maximum absolute atomic E-state index is 13.6. The van der Waals surface area contributed by atoms with Crippen LogP contribution in [0.3, 0.4) is 0 Å². The van der Waals surface area contributed by atoms with Crippen LogP contribution in [0, 0.1) is 5.82 Å². The fourth-order valence-electron chi connectivity index (χ4n) is 4.13. The highest BCUT2D eigenvalue weighted by molar-refractivity contribution is 5.33. The predicted octanol–water partition coefficient (Wildman–Crippen LogP) is 6.98. The van der Waals surface area contributed by atoms with Crippen LogP contribution in [0.5, 0.6) is 0 Å².